The molecule has 0 heterocycles. The molecular formula is C10H15FN2O3S2. The number of hydrogen-bond donors (Lipinski definition) is 2. The van der Waals surface area contributed by atoms with E-state index < -0.39 is 26.6 Å². The quantitative estimate of drug-likeness (QED) is 0.589. The van der Waals surface area contributed by atoms with Gasteiger partial charge in [-0.1, -0.05) is 0 Å². The number of nitrogen functional groups attached to an aromatic ring is 1. The summed E-state index contributed by atoms with van der Waals surface area (Å²) in [6.45, 7) is 0.137. The lowest BCUT2D eigenvalue weighted by Gasteiger charge is -2.08. The summed E-state index contributed by atoms with van der Waals surface area (Å²) in [4.78, 5) is -0.278. The summed E-state index contributed by atoms with van der Waals surface area (Å²) in [5, 5.41) is 0. The number of sulfonamides is 1. The van der Waals surface area contributed by atoms with E-state index in [4.69, 9.17) is 5.73 Å². The largest absolute Gasteiger partial charge is 0.398 e. The van der Waals surface area contributed by atoms with Gasteiger partial charge in [-0.05, 0) is 24.6 Å². The van der Waals surface area contributed by atoms with E-state index in [2.05, 4.69) is 4.72 Å². The van der Waals surface area contributed by atoms with Gasteiger partial charge in [-0.15, -0.1) is 0 Å². The van der Waals surface area contributed by atoms with Crippen molar-refractivity contribution in [2.45, 2.75) is 11.3 Å². The Bertz CT molecular complexity index is 546. The molecule has 0 aliphatic heterocycles. The van der Waals surface area contributed by atoms with Crippen LogP contribution in [0.2, 0.25) is 0 Å². The van der Waals surface area contributed by atoms with Gasteiger partial charge in [-0.25, -0.2) is 17.5 Å². The van der Waals surface area contributed by atoms with Gasteiger partial charge in [0, 0.05) is 29.4 Å². The van der Waals surface area contributed by atoms with Gasteiger partial charge >= 0.3 is 0 Å². The van der Waals surface area contributed by atoms with Gasteiger partial charge in [0.25, 0.3) is 0 Å². The van der Waals surface area contributed by atoms with Crippen LogP contribution >= 0.6 is 0 Å². The Hall–Kier alpha value is -0.990. The molecule has 5 nitrogen and oxygen atoms in total. The van der Waals surface area contributed by atoms with Crippen molar-refractivity contribution in [1.82, 2.24) is 4.72 Å². The first-order valence-corrected chi connectivity index (χ1v) is 8.38. The third-order valence-corrected chi connectivity index (χ3v) is 4.55. The number of nitrogens with two attached hydrogens (primary N) is 1. The number of benzene rings is 1. The second kappa shape index (κ2) is 6.26. The van der Waals surface area contributed by atoms with Crippen LogP contribution in [0, 0.1) is 5.82 Å². The molecule has 8 heteroatoms. The van der Waals surface area contributed by atoms with E-state index in [0.717, 1.165) is 12.1 Å². The van der Waals surface area contributed by atoms with Crippen molar-refractivity contribution in [2.75, 3.05) is 24.3 Å². The van der Waals surface area contributed by atoms with Crippen molar-refractivity contribution in [3.05, 3.63) is 24.0 Å². The summed E-state index contributed by atoms with van der Waals surface area (Å²) in [6, 6.07) is 3.16. The minimum Gasteiger partial charge on any atom is -0.398 e. The van der Waals surface area contributed by atoms with Crippen LogP contribution in [0.25, 0.3) is 0 Å². The monoisotopic (exact) mass is 294 g/mol. The van der Waals surface area contributed by atoms with E-state index >= 15 is 0 Å². The highest BCUT2D eigenvalue weighted by molar-refractivity contribution is 7.89. The lowest BCUT2D eigenvalue weighted by molar-refractivity contribution is 0.577. The second-order valence-corrected chi connectivity index (χ2v) is 7.00. The van der Waals surface area contributed by atoms with Crippen LogP contribution in [-0.4, -0.2) is 31.2 Å². The number of halogens is 1. The van der Waals surface area contributed by atoms with Crippen LogP contribution in [0.4, 0.5) is 10.1 Å². The summed E-state index contributed by atoms with van der Waals surface area (Å²) in [5.41, 5.74) is 5.48. The fourth-order valence-corrected chi connectivity index (χ4v) is 3.07. The first-order chi connectivity index (χ1) is 8.33. The maximum atomic E-state index is 13.0. The molecule has 0 saturated carbocycles. The Morgan fingerprint density at radius 3 is 2.72 bits per heavy atom. The maximum absolute atomic E-state index is 13.0. The van der Waals surface area contributed by atoms with Crippen molar-refractivity contribution in [3.8, 4) is 0 Å². The fraction of sp³-hybridized carbons (Fsp3) is 0.400. The average Bonchev–Trinajstić information content (AvgIpc) is 2.27. The molecule has 1 aromatic carbocycles. The molecule has 0 saturated heterocycles. The zero-order valence-electron chi connectivity index (χ0n) is 9.85. The maximum Gasteiger partial charge on any atom is 0.242 e. The van der Waals surface area contributed by atoms with Gasteiger partial charge in [0.05, 0.1) is 5.69 Å². The van der Waals surface area contributed by atoms with Crippen molar-refractivity contribution in [1.29, 1.82) is 0 Å². The predicted molar refractivity (Wildman–Crippen MR) is 69.6 cm³/mol. The third-order valence-electron chi connectivity index (χ3n) is 2.17. The predicted octanol–water partition coefficient (Wildman–Crippen LogP) is 0.455. The lowest BCUT2D eigenvalue weighted by atomic mass is 10.3. The zero-order chi connectivity index (χ0) is 13.8. The zero-order valence-corrected chi connectivity index (χ0v) is 11.5. The highest BCUT2D eigenvalue weighted by Crippen LogP contribution is 2.18. The summed E-state index contributed by atoms with van der Waals surface area (Å²) in [7, 11) is -4.79. The van der Waals surface area contributed by atoms with Crippen LogP contribution in [0.1, 0.15) is 6.42 Å². The first-order valence-electron chi connectivity index (χ1n) is 5.17. The molecule has 1 rings (SSSR count). The van der Waals surface area contributed by atoms with Crippen molar-refractivity contribution < 1.29 is 17.0 Å². The van der Waals surface area contributed by atoms with E-state index in [1.54, 1.807) is 6.26 Å². The highest BCUT2D eigenvalue weighted by Gasteiger charge is 2.17. The molecule has 0 amide bonds. The van der Waals surface area contributed by atoms with E-state index in [9.17, 15) is 17.0 Å². The van der Waals surface area contributed by atoms with Crippen LogP contribution in [0.3, 0.4) is 0 Å². The smallest absolute Gasteiger partial charge is 0.242 e. The standard InChI is InChI=1S/C10H15FN2O3S2/c1-17(14)6-2-5-13-18(15,16)10-7-8(11)3-4-9(10)12/h3-4,7,13H,2,5-6,12H2,1H3. The summed E-state index contributed by atoms with van der Waals surface area (Å²) >= 11 is 0. The summed E-state index contributed by atoms with van der Waals surface area (Å²) < 4.78 is 49.7. The fourth-order valence-electron chi connectivity index (χ4n) is 1.30. The molecule has 1 unspecified atom stereocenters. The van der Waals surface area contributed by atoms with E-state index in [0.29, 0.717) is 12.2 Å². The SMILES string of the molecule is CS(=O)CCCNS(=O)(=O)c1cc(F)ccc1N. The Labute approximate surface area is 108 Å². The van der Waals surface area contributed by atoms with E-state index in [1.165, 1.54) is 6.07 Å². The number of hydrogen-bond acceptors (Lipinski definition) is 4. The number of nitrogens with one attached hydrogen (secondary N) is 1. The summed E-state index contributed by atoms with van der Waals surface area (Å²) in [6.07, 6.45) is 1.98. The molecule has 0 fully saturated rings. The molecular weight excluding hydrogens is 279 g/mol. The van der Waals surface area contributed by atoms with Crippen LogP contribution in [0.15, 0.2) is 23.1 Å². The lowest BCUT2D eigenvalue weighted by Crippen LogP contribution is -2.26. The molecule has 0 aliphatic rings. The highest BCUT2D eigenvalue weighted by atomic mass is 32.2. The Morgan fingerprint density at radius 2 is 2.11 bits per heavy atom. The molecule has 1 atom stereocenters. The van der Waals surface area contributed by atoms with Gasteiger partial charge in [-0.2, -0.15) is 0 Å². The third kappa shape index (κ3) is 4.35. The topological polar surface area (TPSA) is 89.3 Å². The van der Waals surface area contributed by atoms with Crippen molar-refractivity contribution in [3.63, 3.8) is 0 Å². The Kier molecular flexibility index (Phi) is 5.24. The van der Waals surface area contributed by atoms with Gasteiger partial charge in [0.1, 0.15) is 10.7 Å². The van der Waals surface area contributed by atoms with Gasteiger partial charge in [-0.3, -0.25) is 4.21 Å². The molecule has 0 aliphatic carbocycles. The minimum absolute atomic E-state index is 0.0111. The number of rotatable bonds is 6. The van der Waals surface area contributed by atoms with Gasteiger partial charge < -0.3 is 5.73 Å². The van der Waals surface area contributed by atoms with E-state index in [-0.39, 0.29) is 17.1 Å². The first kappa shape index (κ1) is 15.1. The molecule has 0 spiro atoms. The van der Waals surface area contributed by atoms with Crippen molar-refractivity contribution in [2.24, 2.45) is 0 Å². The normalized spacial score (nSPS) is 13.4. The summed E-state index contributed by atoms with van der Waals surface area (Å²) in [5.74, 6) is -0.263. The second-order valence-electron chi connectivity index (χ2n) is 3.71. The molecule has 0 radical (unpaired) electrons. The Balaban J connectivity index is 2.74. The van der Waals surface area contributed by atoms with Crippen LogP contribution in [0.5, 0.6) is 0 Å². The van der Waals surface area contributed by atoms with Crippen molar-refractivity contribution >= 4 is 26.5 Å². The van der Waals surface area contributed by atoms with Crippen LogP contribution < -0.4 is 10.5 Å². The minimum atomic E-state index is -3.83. The Morgan fingerprint density at radius 1 is 1.44 bits per heavy atom. The molecule has 3 N–H and O–H groups in total. The molecule has 102 valence electrons. The van der Waals surface area contributed by atoms with Gasteiger partial charge in [0.2, 0.25) is 10.0 Å². The van der Waals surface area contributed by atoms with Gasteiger partial charge in [0.15, 0.2) is 0 Å². The molecule has 0 bridgehead atoms. The van der Waals surface area contributed by atoms with Crippen LogP contribution in [-0.2, 0) is 20.8 Å². The molecule has 18 heavy (non-hydrogen) atoms. The van der Waals surface area contributed by atoms with E-state index in [1.807, 2.05) is 0 Å². The molecule has 1 aromatic rings. The number of anilines is 1. The average molecular weight is 294 g/mol. The molecule has 0 aromatic heterocycles.